The Labute approximate surface area is 184 Å². The number of aryl methyl sites for hydroxylation is 1. The number of halogens is 3. The number of aromatic nitrogens is 5. The topological polar surface area (TPSA) is 97.3 Å². The maximum absolute atomic E-state index is 13.3. The van der Waals surface area contributed by atoms with E-state index >= 15 is 0 Å². The molecule has 32 heavy (non-hydrogen) atoms. The van der Waals surface area contributed by atoms with Crippen LogP contribution in [-0.2, 0) is 7.05 Å². The molecule has 0 aliphatic carbocycles. The van der Waals surface area contributed by atoms with Gasteiger partial charge >= 0.3 is 6.18 Å². The van der Waals surface area contributed by atoms with E-state index in [1.807, 2.05) is 18.6 Å². The lowest BCUT2D eigenvalue weighted by Crippen LogP contribution is -2.57. The molecule has 4 aromatic rings. The second-order valence-electron chi connectivity index (χ2n) is 7.87. The number of alkyl halides is 3. The first-order chi connectivity index (χ1) is 14.9. The summed E-state index contributed by atoms with van der Waals surface area (Å²) in [5.41, 5.74) is 1.28. The molecule has 0 radical (unpaired) electrons. The van der Waals surface area contributed by atoms with Gasteiger partial charge in [0, 0.05) is 42.3 Å². The number of hydrogen-bond donors (Lipinski definition) is 2. The normalized spacial score (nSPS) is 13.5. The number of aliphatic hydroxyl groups is 1. The average Bonchev–Trinajstić information content (AvgIpc) is 3.42. The summed E-state index contributed by atoms with van der Waals surface area (Å²) in [6, 6.07) is -0.927. The number of nitrogens with one attached hydrogen (secondary N) is 1. The summed E-state index contributed by atoms with van der Waals surface area (Å²) in [6.45, 7) is 1.99. The molecule has 0 aromatic carbocycles. The molecular weight excluding hydrogens is 445 g/mol. The van der Waals surface area contributed by atoms with E-state index in [9.17, 15) is 23.1 Å². The van der Waals surface area contributed by atoms with E-state index in [1.54, 1.807) is 39.4 Å². The van der Waals surface area contributed by atoms with Gasteiger partial charge in [0.1, 0.15) is 0 Å². The van der Waals surface area contributed by atoms with Gasteiger partial charge in [0.2, 0.25) is 0 Å². The Balaban J connectivity index is 1.60. The monoisotopic (exact) mass is 464 g/mol. The van der Waals surface area contributed by atoms with Crippen molar-refractivity contribution >= 4 is 22.9 Å². The van der Waals surface area contributed by atoms with Gasteiger partial charge in [-0.2, -0.15) is 23.4 Å². The zero-order chi connectivity index (χ0) is 23.3. The van der Waals surface area contributed by atoms with Gasteiger partial charge in [0.05, 0.1) is 22.9 Å². The van der Waals surface area contributed by atoms with Gasteiger partial charge in [-0.15, -0.1) is 11.3 Å². The van der Waals surface area contributed by atoms with Crippen LogP contribution < -0.4 is 5.32 Å². The Bertz CT molecular complexity index is 1270. The number of carbonyl (C=O) groups is 1. The highest BCUT2D eigenvalue weighted by Crippen LogP contribution is 2.31. The maximum atomic E-state index is 13.3. The number of fused-ring (bicyclic) bond motifs is 1. The molecule has 2 N–H and O–H groups in total. The number of amides is 1. The first kappa shape index (κ1) is 22.0. The molecule has 0 unspecified atom stereocenters. The summed E-state index contributed by atoms with van der Waals surface area (Å²) in [5.74, 6) is -0.922. The van der Waals surface area contributed by atoms with Crippen molar-refractivity contribution in [2.24, 2.45) is 7.05 Å². The Hall–Kier alpha value is -3.25. The Kier molecular flexibility index (Phi) is 5.29. The summed E-state index contributed by atoms with van der Waals surface area (Å²) in [4.78, 5) is 17.0. The largest absolute Gasteiger partial charge is 0.411 e. The number of hydrogen-bond acceptors (Lipinski definition) is 6. The zero-order valence-electron chi connectivity index (χ0n) is 17.3. The SMILES string of the molecule is Cn1cc(-c2cnc3c(-c4csc(C(=O)N[C@@H](C(C)(C)O)C(F)(F)F)c4)cnn3c2)cn1. The van der Waals surface area contributed by atoms with E-state index < -0.39 is 23.7 Å². The van der Waals surface area contributed by atoms with E-state index in [4.69, 9.17) is 0 Å². The standard InChI is InChI=1S/C20H19F3N6O2S/c1-19(2,31)18(20(21,22)23)27-17(30)15-4-11(10-32-15)14-7-26-29-9-12(5-24-16(14)29)13-6-25-28(3)8-13/h4-10,18,31H,1-3H3,(H,27,30)/t18-/m0/s1. The first-order valence-corrected chi connectivity index (χ1v) is 10.3. The fourth-order valence-corrected chi connectivity index (χ4v) is 4.07. The lowest BCUT2D eigenvalue weighted by molar-refractivity contribution is -0.192. The van der Waals surface area contributed by atoms with E-state index in [2.05, 4.69) is 15.2 Å². The molecule has 0 saturated heterocycles. The minimum atomic E-state index is -4.80. The van der Waals surface area contributed by atoms with Crippen molar-refractivity contribution in [2.45, 2.75) is 31.7 Å². The highest BCUT2D eigenvalue weighted by atomic mass is 32.1. The van der Waals surface area contributed by atoms with Crippen LogP contribution in [0, 0.1) is 0 Å². The van der Waals surface area contributed by atoms with E-state index in [1.165, 1.54) is 6.07 Å². The molecule has 168 valence electrons. The van der Waals surface area contributed by atoms with E-state index in [0.717, 1.165) is 36.3 Å². The van der Waals surface area contributed by atoms with Crippen LogP contribution in [-0.4, -0.2) is 53.2 Å². The van der Waals surface area contributed by atoms with Crippen LogP contribution in [0.15, 0.2) is 42.4 Å². The quantitative estimate of drug-likeness (QED) is 0.473. The summed E-state index contributed by atoms with van der Waals surface area (Å²) >= 11 is 0.994. The van der Waals surface area contributed by atoms with Gasteiger partial charge in [0.15, 0.2) is 11.7 Å². The van der Waals surface area contributed by atoms with Gasteiger partial charge in [-0.3, -0.25) is 9.48 Å². The van der Waals surface area contributed by atoms with Crippen molar-refractivity contribution in [3.05, 3.63) is 47.3 Å². The third kappa shape index (κ3) is 4.23. The van der Waals surface area contributed by atoms with Gasteiger partial charge < -0.3 is 10.4 Å². The molecule has 0 bridgehead atoms. The minimum Gasteiger partial charge on any atom is -0.388 e. The summed E-state index contributed by atoms with van der Waals surface area (Å²) in [6.07, 6.45) is 3.80. The lowest BCUT2D eigenvalue weighted by Gasteiger charge is -2.31. The molecule has 0 spiro atoms. The molecule has 1 amide bonds. The molecular formula is C20H19F3N6O2S. The molecule has 8 nitrogen and oxygen atoms in total. The summed E-state index contributed by atoms with van der Waals surface area (Å²) < 4.78 is 43.0. The Morgan fingerprint density at radius 3 is 2.47 bits per heavy atom. The number of thiophene rings is 1. The van der Waals surface area contributed by atoms with E-state index in [-0.39, 0.29) is 4.88 Å². The fraction of sp³-hybridized carbons (Fsp3) is 0.300. The third-order valence-electron chi connectivity index (χ3n) is 4.84. The molecule has 0 saturated carbocycles. The van der Waals surface area contributed by atoms with Crippen molar-refractivity contribution < 1.29 is 23.1 Å². The lowest BCUT2D eigenvalue weighted by atomic mass is 9.98. The zero-order valence-corrected chi connectivity index (χ0v) is 18.1. The molecule has 4 heterocycles. The van der Waals surface area contributed by atoms with Crippen molar-refractivity contribution in [1.29, 1.82) is 0 Å². The van der Waals surface area contributed by atoms with Crippen LogP contribution in [0.1, 0.15) is 23.5 Å². The molecule has 0 aliphatic rings. The molecule has 12 heteroatoms. The van der Waals surface area contributed by atoms with Crippen molar-refractivity contribution in [1.82, 2.24) is 29.7 Å². The maximum Gasteiger partial charge on any atom is 0.411 e. The smallest absolute Gasteiger partial charge is 0.388 e. The molecule has 1 atom stereocenters. The van der Waals surface area contributed by atoms with Crippen LogP contribution >= 0.6 is 11.3 Å². The Morgan fingerprint density at radius 1 is 1.12 bits per heavy atom. The fourth-order valence-electron chi connectivity index (χ4n) is 3.26. The Morgan fingerprint density at radius 2 is 1.84 bits per heavy atom. The molecule has 0 aliphatic heterocycles. The van der Waals surface area contributed by atoms with Gasteiger partial charge in [0.25, 0.3) is 5.91 Å². The van der Waals surface area contributed by atoms with Gasteiger partial charge in [-0.05, 0) is 30.9 Å². The second-order valence-corrected chi connectivity index (χ2v) is 8.78. The predicted octanol–water partition coefficient (Wildman–Crippen LogP) is 3.29. The first-order valence-electron chi connectivity index (χ1n) is 9.45. The third-order valence-corrected chi connectivity index (χ3v) is 5.77. The number of carbonyl (C=O) groups excluding carboxylic acids is 1. The van der Waals surface area contributed by atoms with Crippen molar-refractivity contribution in [2.75, 3.05) is 0 Å². The predicted molar refractivity (Wildman–Crippen MR) is 112 cm³/mol. The van der Waals surface area contributed by atoms with Crippen LogP contribution in [0.5, 0.6) is 0 Å². The summed E-state index contributed by atoms with van der Waals surface area (Å²) in [7, 11) is 1.81. The van der Waals surface area contributed by atoms with Crippen LogP contribution in [0.25, 0.3) is 27.9 Å². The molecule has 4 aromatic heterocycles. The van der Waals surface area contributed by atoms with Crippen LogP contribution in [0.4, 0.5) is 13.2 Å². The minimum absolute atomic E-state index is 0.0739. The molecule has 4 rings (SSSR count). The van der Waals surface area contributed by atoms with Gasteiger partial charge in [-0.1, -0.05) is 0 Å². The van der Waals surface area contributed by atoms with Crippen LogP contribution in [0.3, 0.4) is 0 Å². The summed E-state index contributed by atoms with van der Waals surface area (Å²) in [5, 5.41) is 21.8. The highest BCUT2D eigenvalue weighted by molar-refractivity contribution is 7.12. The van der Waals surface area contributed by atoms with E-state index in [0.29, 0.717) is 16.8 Å². The number of rotatable bonds is 5. The number of nitrogens with zero attached hydrogens (tertiary/aromatic N) is 5. The van der Waals surface area contributed by atoms with Crippen molar-refractivity contribution in [3.8, 4) is 22.3 Å². The van der Waals surface area contributed by atoms with Crippen LogP contribution in [0.2, 0.25) is 0 Å². The van der Waals surface area contributed by atoms with Crippen molar-refractivity contribution in [3.63, 3.8) is 0 Å². The second kappa shape index (κ2) is 7.71. The average molecular weight is 464 g/mol. The van der Waals surface area contributed by atoms with Gasteiger partial charge in [-0.25, -0.2) is 9.50 Å². The molecule has 0 fully saturated rings. The highest BCUT2D eigenvalue weighted by Gasteiger charge is 2.49.